The fourth-order valence-electron chi connectivity index (χ4n) is 2.90. The maximum Gasteiger partial charge on any atom is 0.341 e. The Bertz CT molecular complexity index is 1050. The first kappa shape index (κ1) is 24.4. The van der Waals surface area contributed by atoms with Crippen molar-refractivity contribution >= 4 is 67.8 Å². The molecule has 2 aromatic rings. The van der Waals surface area contributed by atoms with Crippen LogP contribution in [0, 0.1) is 0 Å². The highest BCUT2D eigenvalue weighted by Crippen LogP contribution is 2.43. The lowest BCUT2D eigenvalue weighted by Gasteiger charge is -2.26. The SMILES string of the molecule is O=C(OCCCN1CCOCC1)c1ccc(NS(=O)(=O)c2c(Cl)sc(Cl)c2Cl)cc1O. The van der Waals surface area contributed by atoms with Gasteiger partial charge in [0.2, 0.25) is 0 Å². The van der Waals surface area contributed by atoms with Crippen molar-refractivity contribution in [3.63, 3.8) is 0 Å². The number of thiophene rings is 1. The standard InChI is InChI=1S/C18H19Cl3N2O6S2/c19-14-15(17(21)30-16(14)20)31(26,27)22-11-2-3-12(13(24)10-11)18(25)29-7-1-4-23-5-8-28-9-6-23/h2-3,10,22,24H,1,4-9H2. The first-order valence-corrected chi connectivity index (χ1v) is 12.6. The second-order valence-electron chi connectivity index (χ2n) is 6.57. The highest BCUT2D eigenvalue weighted by molar-refractivity contribution is 7.93. The van der Waals surface area contributed by atoms with E-state index in [2.05, 4.69) is 9.62 Å². The molecule has 31 heavy (non-hydrogen) atoms. The second-order valence-corrected chi connectivity index (χ2v) is 10.8. The number of anilines is 1. The van der Waals surface area contributed by atoms with Crippen LogP contribution in [-0.4, -0.2) is 63.8 Å². The third-order valence-corrected chi connectivity index (χ3v) is 8.42. The molecule has 0 spiro atoms. The largest absolute Gasteiger partial charge is 0.507 e. The number of rotatable bonds is 8. The highest BCUT2D eigenvalue weighted by Gasteiger charge is 2.27. The number of aromatic hydroxyl groups is 1. The molecular formula is C18H19Cl3N2O6S2. The van der Waals surface area contributed by atoms with Gasteiger partial charge in [0.05, 0.1) is 30.5 Å². The lowest BCUT2D eigenvalue weighted by molar-refractivity contribution is 0.0297. The van der Waals surface area contributed by atoms with Crippen LogP contribution in [0.1, 0.15) is 16.8 Å². The number of phenols is 1. The van der Waals surface area contributed by atoms with Crippen LogP contribution < -0.4 is 4.72 Å². The molecule has 13 heteroatoms. The molecule has 0 amide bonds. The summed E-state index contributed by atoms with van der Waals surface area (Å²) in [6.45, 7) is 4.06. The Hall–Kier alpha value is -1.27. The maximum absolute atomic E-state index is 12.6. The van der Waals surface area contributed by atoms with E-state index in [1.54, 1.807) is 0 Å². The van der Waals surface area contributed by atoms with Crippen LogP contribution in [0.15, 0.2) is 23.1 Å². The van der Waals surface area contributed by atoms with E-state index in [1.165, 1.54) is 12.1 Å². The van der Waals surface area contributed by atoms with E-state index in [9.17, 15) is 18.3 Å². The number of ether oxygens (including phenoxy) is 2. The van der Waals surface area contributed by atoms with Crippen LogP contribution in [0.4, 0.5) is 5.69 Å². The minimum absolute atomic E-state index is 0.0100. The fraction of sp³-hybridized carbons (Fsp3) is 0.389. The quantitative estimate of drug-likeness (QED) is 0.392. The van der Waals surface area contributed by atoms with Gasteiger partial charge in [0, 0.05) is 25.7 Å². The van der Waals surface area contributed by atoms with E-state index < -0.39 is 21.7 Å². The van der Waals surface area contributed by atoms with Crippen LogP contribution in [0.2, 0.25) is 13.7 Å². The van der Waals surface area contributed by atoms with Gasteiger partial charge in [-0.25, -0.2) is 13.2 Å². The number of benzene rings is 1. The monoisotopic (exact) mass is 528 g/mol. The Balaban J connectivity index is 1.59. The third-order valence-electron chi connectivity index (χ3n) is 4.42. The lowest BCUT2D eigenvalue weighted by atomic mass is 10.2. The number of sulfonamides is 1. The van der Waals surface area contributed by atoms with Gasteiger partial charge < -0.3 is 14.6 Å². The smallest absolute Gasteiger partial charge is 0.341 e. The Morgan fingerprint density at radius 3 is 2.55 bits per heavy atom. The molecule has 0 aliphatic carbocycles. The molecule has 1 saturated heterocycles. The number of carbonyl (C=O) groups is 1. The van der Waals surface area contributed by atoms with Crippen LogP contribution >= 0.6 is 46.1 Å². The summed E-state index contributed by atoms with van der Waals surface area (Å²) in [7, 11) is -4.16. The van der Waals surface area contributed by atoms with Crippen LogP contribution in [0.25, 0.3) is 0 Å². The molecule has 1 aliphatic rings. The van der Waals surface area contributed by atoms with Gasteiger partial charge in [0.15, 0.2) is 0 Å². The summed E-state index contributed by atoms with van der Waals surface area (Å²) in [6.07, 6.45) is 0.648. The number of carbonyl (C=O) groups excluding carboxylic acids is 1. The summed E-state index contributed by atoms with van der Waals surface area (Å²) >= 11 is 18.5. The molecule has 3 rings (SSSR count). The van der Waals surface area contributed by atoms with E-state index in [0.717, 1.165) is 37.0 Å². The molecule has 0 atom stereocenters. The van der Waals surface area contributed by atoms with Crippen LogP contribution in [-0.2, 0) is 19.5 Å². The molecule has 170 valence electrons. The van der Waals surface area contributed by atoms with E-state index in [0.29, 0.717) is 19.6 Å². The molecule has 1 aromatic heterocycles. The van der Waals surface area contributed by atoms with Crippen molar-refractivity contribution in [3.05, 3.63) is 37.5 Å². The molecule has 1 aliphatic heterocycles. The summed E-state index contributed by atoms with van der Waals surface area (Å²) in [5.41, 5.74) is -0.0696. The van der Waals surface area contributed by atoms with Crippen molar-refractivity contribution in [3.8, 4) is 5.75 Å². The molecule has 1 aromatic carbocycles. The van der Waals surface area contributed by atoms with Crippen LogP contribution in [0.3, 0.4) is 0 Å². The maximum atomic E-state index is 12.6. The van der Waals surface area contributed by atoms with Crippen molar-refractivity contribution in [1.82, 2.24) is 4.90 Å². The van der Waals surface area contributed by atoms with Gasteiger partial charge in [0.25, 0.3) is 10.0 Å². The minimum atomic E-state index is -4.16. The van der Waals surface area contributed by atoms with Crippen molar-refractivity contribution in [2.45, 2.75) is 11.3 Å². The molecule has 1 fully saturated rings. The normalized spacial score (nSPS) is 15.1. The predicted molar refractivity (Wildman–Crippen MR) is 120 cm³/mol. The number of hydrogen-bond donors (Lipinski definition) is 2. The first-order chi connectivity index (χ1) is 14.7. The molecular weight excluding hydrogens is 511 g/mol. The summed E-state index contributed by atoms with van der Waals surface area (Å²) in [5.74, 6) is -1.14. The van der Waals surface area contributed by atoms with Gasteiger partial charge in [0.1, 0.15) is 24.9 Å². The van der Waals surface area contributed by atoms with Gasteiger partial charge in [-0.1, -0.05) is 34.8 Å². The summed E-state index contributed by atoms with van der Waals surface area (Å²) in [4.78, 5) is 14.1. The highest BCUT2D eigenvalue weighted by atomic mass is 35.5. The number of nitrogens with one attached hydrogen (secondary N) is 1. The molecule has 0 saturated carbocycles. The summed E-state index contributed by atoms with van der Waals surface area (Å²) < 4.78 is 37.8. The average Bonchev–Trinajstić information content (AvgIpc) is 2.97. The first-order valence-electron chi connectivity index (χ1n) is 9.15. The number of nitrogens with zero attached hydrogens (tertiary/aromatic N) is 1. The Labute approximate surface area is 198 Å². The lowest BCUT2D eigenvalue weighted by Crippen LogP contribution is -2.37. The molecule has 2 heterocycles. The summed E-state index contributed by atoms with van der Waals surface area (Å²) in [6, 6.07) is 3.68. The van der Waals surface area contributed by atoms with Gasteiger partial charge in [-0.15, -0.1) is 11.3 Å². The van der Waals surface area contributed by atoms with Gasteiger partial charge in [-0.2, -0.15) is 0 Å². The third kappa shape index (κ3) is 6.16. The molecule has 0 radical (unpaired) electrons. The second kappa shape index (κ2) is 10.6. The number of esters is 1. The molecule has 2 N–H and O–H groups in total. The summed E-state index contributed by atoms with van der Waals surface area (Å²) in [5, 5.41) is 9.98. The van der Waals surface area contributed by atoms with E-state index in [1.807, 2.05) is 0 Å². The topological polar surface area (TPSA) is 105 Å². The number of morpholine rings is 1. The van der Waals surface area contributed by atoms with E-state index in [-0.39, 0.29) is 36.4 Å². The van der Waals surface area contributed by atoms with Crippen LogP contribution in [0.5, 0.6) is 5.75 Å². The van der Waals surface area contributed by atoms with Crippen molar-refractivity contribution in [1.29, 1.82) is 0 Å². The Morgan fingerprint density at radius 2 is 1.94 bits per heavy atom. The number of phenolic OH excluding ortho intramolecular Hbond substituents is 1. The van der Waals surface area contributed by atoms with E-state index in [4.69, 9.17) is 44.3 Å². The molecule has 0 unspecified atom stereocenters. The zero-order valence-corrected chi connectivity index (χ0v) is 20.0. The average molecular weight is 530 g/mol. The van der Waals surface area contributed by atoms with Gasteiger partial charge in [-0.3, -0.25) is 9.62 Å². The minimum Gasteiger partial charge on any atom is -0.507 e. The van der Waals surface area contributed by atoms with Crippen molar-refractivity contribution < 1.29 is 27.8 Å². The molecule has 0 bridgehead atoms. The Kier molecular flexibility index (Phi) is 8.31. The zero-order chi connectivity index (χ0) is 22.6. The zero-order valence-electron chi connectivity index (χ0n) is 16.1. The number of halogens is 3. The fourth-order valence-corrected chi connectivity index (χ4v) is 6.80. The van der Waals surface area contributed by atoms with E-state index >= 15 is 0 Å². The molecule has 8 nitrogen and oxygen atoms in total. The van der Waals surface area contributed by atoms with Gasteiger partial charge in [-0.05, 0) is 18.6 Å². The van der Waals surface area contributed by atoms with Gasteiger partial charge >= 0.3 is 5.97 Å². The Morgan fingerprint density at radius 1 is 1.23 bits per heavy atom. The van der Waals surface area contributed by atoms with Crippen molar-refractivity contribution in [2.24, 2.45) is 0 Å². The van der Waals surface area contributed by atoms with Crippen molar-refractivity contribution in [2.75, 3.05) is 44.2 Å². The number of hydrogen-bond acceptors (Lipinski definition) is 8. The predicted octanol–water partition coefficient (Wildman–Crippen LogP) is 4.09.